The third-order valence-corrected chi connectivity index (χ3v) is 3.55. The molecule has 0 aliphatic carbocycles. The summed E-state index contributed by atoms with van der Waals surface area (Å²) in [5, 5.41) is 8.73. The van der Waals surface area contributed by atoms with Crippen molar-refractivity contribution in [3.05, 3.63) is 46.2 Å². The molecule has 0 amide bonds. The molecular weight excluding hydrogens is 297 g/mol. The molecule has 1 aromatic heterocycles. The standard InChI is InChI=1S/C14H17Cl2N3O/c1-3-19-14(12(16)8-18-19)13(17-2)9-20-11-6-4-5-10(15)7-11/h4-8,13,17H,3,9H2,1-2H3. The maximum absolute atomic E-state index is 6.20. The SMILES string of the molecule is CCn1ncc(Cl)c1C(COc1cccc(Cl)c1)NC. The van der Waals surface area contributed by atoms with E-state index in [2.05, 4.69) is 10.4 Å². The van der Waals surface area contributed by atoms with Gasteiger partial charge in [-0.25, -0.2) is 0 Å². The van der Waals surface area contributed by atoms with Crippen LogP contribution in [-0.4, -0.2) is 23.4 Å². The molecule has 1 unspecified atom stereocenters. The molecule has 0 fully saturated rings. The number of rotatable bonds is 6. The molecule has 2 rings (SSSR count). The number of likely N-dealkylation sites (N-methyl/N-ethyl adjacent to an activating group) is 1. The van der Waals surface area contributed by atoms with E-state index < -0.39 is 0 Å². The number of hydrogen-bond acceptors (Lipinski definition) is 3. The lowest BCUT2D eigenvalue weighted by molar-refractivity contribution is 0.266. The highest BCUT2D eigenvalue weighted by Crippen LogP contribution is 2.24. The Balaban J connectivity index is 2.11. The van der Waals surface area contributed by atoms with E-state index in [4.69, 9.17) is 27.9 Å². The molecule has 1 heterocycles. The molecule has 2 aromatic rings. The van der Waals surface area contributed by atoms with Crippen molar-refractivity contribution in [3.63, 3.8) is 0 Å². The minimum absolute atomic E-state index is 0.0380. The maximum atomic E-state index is 6.20. The number of benzene rings is 1. The van der Waals surface area contributed by atoms with Gasteiger partial charge in [-0.1, -0.05) is 29.3 Å². The summed E-state index contributed by atoms with van der Waals surface area (Å²) < 4.78 is 7.64. The molecule has 0 spiro atoms. The van der Waals surface area contributed by atoms with Gasteiger partial charge in [0.1, 0.15) is 12.4 Å². The molecule has 6 heteroatoms. The van der Waals surface area contributed by atoms with Crippen molar-refractivity contribution in [1.82, 2.24) is 15.1 Å². The fourth-order valence-corrected chi connectivity index (χ4v) is 2.46. The molecule has 0 radical (unpaired) electrons. The first-order valence-electron chi connectivity index (χ1n) is 6.42. The molecule has 1 aromatic carbocycles. The number of ether oxygens (including phenoxy) is 1. The normalized spacial score (nSPS) is 12.4. The van der Waals surface area contributed by atoms with Crippen LogP contribution in [0.25, 0.3) is 0 Å². The van der Waals surface area contributed by atoms with Crippen molar-refractivity contribution < 1.29 is 4.74 Å². The summed E-state index contributed by atoms with van der Waals surface area (Å²) >= 11 is 12.1. The first kappa shape index (κ1) is 15.2. The van der Waals surface area contributed by atoms with Crippen LogP contribution in [0.5, 0.6) is 5.75 Å². The van der Waals surface area contributed by atoms with Crippen molar-refractivity contribution in [2.45, 2.75) is 19.5 Å². The van der Waals surface area contributed by atoms with E-state index in [1.807, 2.05) is 36.9 Å². The van der Waals surface area contributed by atoms with E-state index in [-0.39, 0.29) is 6.04 Å². The highest BCUT2D eigenvalue weighted by molar-refractivity contribution is 6.31. The quantitative estimate of drug-likeness (QED) is 0.886. The van der Waals surface area contributed by atoms with Gasteiger partial charge in [-0.3, -0.25) is 4.68 Å². The van der Waals surface area contributed by atoms with E-state index >= 15 is 0 Å². The zero-order valence-electron chi connectivity index (χ0n) is 11.4. The molecule has 4 nitrogen and oxygen atoms in total. The summed E-state index contributed by atoms with van der Waals surface area (Å²) in [5.74, 6) is 0.733. The van der Waals surface area contributed by atoms with Gasteiger partial charge in [0.15, 0.2) is 0 Å². The van der Waals surface area contributed by atoms with Crippen LogP contribution < -0.4 is 10.1 Å². The average Bonchev–Trinajstić information content (AvgIpc) is 2.81. The third kappa shape index (κ3) is 3.45. The van der Waals surface area contributed by atoms with Crippen molar-refractivity contribution in [1.29, 1.82) is 0 Å². The van der Waals surface area contributed by atoms with Crippen LogP contribution in [0, 0.1) is 0 Å². The first-order valence-corrected chi connectivity index (χ1v) is 7.18. The number of hydrogen-bond donors (Lipinski definition) is 1. The summed E-state index contributed by atoms with van der Waals surface area (Å²) in [4.78, 5) is 0. The number of halogens is 2. The summed E-state index contributed by atoms with van der Waals surface area (Å²) in [6.45, 7) is 3.23. The molecular formula is C14H17Cl2N3O. The van der Waals surface area contributed by atoms with Gasteiger partial charge in [-0.2, -0.15) is 5.10 Å². The summed E-state index contributed by atoms with van der Waals surface area (Å²) in [6, 6.07) is 7.29. The van der Waals surface area contributed by atoms with Gasteiger partial charge in [0.2, 0.25) is 0 Å². The molecule has 20 heavy (non-hydrogen) atoms. The number of aromatic nitrogens is 2. The van der Waals surface area contributed by atoms with E-state index in [0.29, 0.717) is 16.7 Å². The molecule has 0 aliphatic heterocycles. The fraction of sp³-hybridized carbons (Fsp3) is 0.357. The fourth-order valence-electron chi connectivity index (χ4n) is 2.01. The predicted molar refractivity (Wildman–Crippen MR) is 81.7 cm³/mol. The smallest absolute Gasteiger partial charge is 0.120 e. The zero-order valence-corrected chi connectivity index (χ0v) is 12.9. The molecule has 0 bridgehead atoms. The van der Waals surface area contributed by atoms with E-state index in [1.165, 1.54) is 0 Å². The van der Waals surface area contributed by atoms with Gasteiger partial charge in [-0.15, -0.1) is 0 Å². The van der Waals surface area contributed by atoms with Crippen LogP contribution in [0.2, 0.25) is 10.0 Å². The van der Waals surface area contributed by atoms with E-state index in [9.17, 15) is 0 Å². The average molecular weight is 314 g/mol. The largest absolute Gasteiger partial charge is 0.491 e. The Kier molecular flexibility index (Phi) is 5.29. The Morgan fingerprint density at radius 2 is 2.20 bits per heavy atom. The van der Waals surface area contributed by atoms with Gasteiger partial charge in [0.25, 0.3) is 0 Å². The number of aryl methyl sites for hydroxylation is 1. The first-order chi connectivity index (χ1) is 9.65. The van der Waals surface area contributed by atoms with Gasteiger partial charge >= 0.3 is 0 Å². The topological polar surface area (TPSA) is 39.1 Å². The molecule has 108 valence electrons. The van der Waals surface area contributed by atoms with Crippen molar-refractivity contribution in [2.75, 3.05) is 13.7 Å². The van der Waals surface area contributed by atoms with Gasteiger partial charge in [-0.05, 0) is 32.2 Å². The van der Waals surface area contributed by atoms with Crippen molar-refractivity contribution in [2.24, 2.45) is 0 Å². The van der Waals surface area contributed by atoms with Crippen LogP contribution in [0.1, 0.15) is 18.7 Å². The lowest BCUT2D eigenvalue weighted by Crippen LogP contribution is -2.26. The zero-order chi connectivity index (χ0) is 14.5. The third-order valence-electron chi connectivity index (χ3n) is 3.02. The van der Waals surface area contributed by atoms with Crippen molar-refractivity contribution in [3.8, 4) is 5.75 Å². The molecule has 1 atom stereocenters. The highest BCUT2D eigenvalue weighted by Gasteiger charge is 2.19. The Morgan fingerprint density at radius 1 is 1.40 bits per heavy atom. The van der Waals surface area contributed by atoms with Crippen LogP contribution in [-0.2, 0) is 6.54 Å². The second kappa shape index (κ2) is 6.97. The lowest BCUT2D eigenvalue weighted by atomic mass is 10.2. The van der Waals surface area contributed by atoms with Crippen molar-refractivity contribution >= 4 is 23.2 Å². The maximum Gasteiger partial charge on any atom is 0.120 e. The molecule has 0 saturated heterocycles. The number of nitrogens with one attached hydrogen (secondary N) is 1. The Labute approximate surface area is 128 Å². The van der Waals surface area contributed by atoms with Crippen LogP contribution in [0.4, 0.5) is 0 Å². The van der Waals surface area contributed by atoms with E-state index in [0.717, 1.165) is 18.0 Å². The van der Waals surface area contributed by atoms with Gasteiger partial charge in [0.05, 0.1) is 23.0 Å². The summed E-state index contributed by atoms with van der Waals surface area (Å²) in [5.41, 5.74) is 0.929. The predicted octanol–water partition coefficient (Wildman–Crippen LogP) is 3.55. The van der Waals surface area contributed by atoms with Gasteiger partial charge in [0, 0.05) is 11.6 Å². The van der Waals surface area contributed by atoms with Crippen LogP contribution >= 0.6 is 23.2 Å². The highest BCUT2D eigenvalue weighted by atomic mass is 35.5. The Morgan fingerprint density at radius 3 is 2.85 bits per heavy atom. The van der Waals surface area contributed by atoms with E-state index in [1.54, 1.807) is 12.3 Å². The minimum atomic E-state index is -0.0380. The second-order valence-corrected chi connectivity index (χ2v) is 5.15. The monoisotopic (exact) mass is 313 g/mol. The van der Waals surface area contributed by atoms with Gasteiger partial charge < -0.3 is 10.1 Å². The second-order valence-electron chi connectivity index (χ2n) is 4.30. The minimum Gasteiger partial charge on any atom is -0.491 e. The Hall–Kier alpha value is -1.23. The Bertz CT molecular complexity index is 571. The molecule has 0 saturated carbocycles. The lowest BCUT2D eigenvalue weighted by Gasteiger charge is -2.19. The number of nitrogens with zero attached hydrogens (tertiary/aromatic N) is 2. The molecule has 0 aliphatic rings. The summed E-state index contributed by atoms with van der Waals surface area (Å²) in [7, 11) is 1.87. The van der Waals surface area contributed by atoms with Crippen LogP contribution in [0.3, 0.4) is 0 Å². The van der Waals surface area contributed by atoms with Crippen LogP contribution in [0.15, 0.2) is 30.5 Å². The summed E-state index contributed by atoms with van der Waals surface area (Å²) in [6.07, 6.45) is 1.66. The molecule has 1 N–H and O–H groups in total.